The molecule has 0 saturated carbocycles. The van der Waals surface area contributed by atoms with E-state index in [1.807, 2.05) is 0 Å². The maximum Gasteiger partial charge on any atom is 0.259 e. The summed E-state index contributed by atoms with van der Waals surface area (Å²) in [6.45, 7) is 1.61. The summed E-state index contributed by atoms with van der Waals surface area (Å²) in [5, 5.41) is 3.55. The zero-order valence-corrected chi connectivity index (χ0v) is 8.35. The molecule has 0 N–H and O–H groups in total. The fourth-order valence-corrected chi connectivity index (χ4v) is 1.32. The number of halogens is 3. The number of nitrogens with zero attached hydrogens (tertiary/aromatic N) is 2. The lowest BCUT2D eigenvalue weighted by molar-refractivity contribution is 0.425. The second-order valence-corrected chi connectivity index (χ2v) is 3.30. The van der Waals surface area contributed by atoms with E-state index in [0.29, 0.717) is 5.82 Å². The van der Waals surface area contributed by atoms with Crippen LogP contribution in [-0.4, -0.2) is 10.1 Å². The molecular weight excluding hydrogens is 226 g/mol. The fraction of sp³-hybridized carbons (Fsp3) is 0.111. The summed E-state index contributed by atoms with van der Waals surface area (Å²) in [6, 6.07) is 1.79. The van der Waals surface area contributed by atoms with Gasteiger partial charge in [-0.3, -0.25) is 0 Å². The van der Waals surface area contributed by atoms with Crippen LogP contribution >= 0.6 is 11.6 Å². The van der Waals surface area contributed by atoms with Crippen LogP contribution in [0.2, 0.25) is 5.02 Å². The van der Waals surface area contributed by atoms with Crippen molar-refractivity contribution in [3.63, 3.8) is 0 Å². The van der Waals surface area contributed by atoms with E-state index in [2.05, 4.69) is 10.1 Å². The van der Waals surface area contributed by atoms with Gasteiger partial charge in [0.15, 0.2) is 17.5 Å². The van der Waals surface area contributed by atoms with Crippen LogP contribution in [0.3, 0.4) is 0 Å². The molecule has 0 radical (unpaired) electrons. The molecule has 1 aromatic heterocycles. The van der Waals surface area contributed by atoms with Gasteiger partial charge in [-0.1, -0.05) is 16.8 Å². The van der Waals surface area contributed by atoms with Gasteiger partial charge in [0.2, 0.25) is 0 Å². The third kappa shape index (κ3) is 1.83. The molecule has 0 aliphatic carbocycles. The Labute approximate surface area is 88.7 Å². The van der Waals surface area contributed by atoms with E-state index in [4.69, 9.17) is 16.1 Å². The lowest BCUT2D eigenvalue weighted by Crippen LogP contribution is -1.87. The summed E-state index contributed by atoms with van der Waals surface area (Å²) in [4.78, 5) is 3.86. The van der Waals surface area contributed by atoms with E-state index >= 15 is 0 Å². The molecule has 0 atom stereocenters. The number of aromatic nitrogens is 2. The zero-order chi connectivity index (χ0) is 11.0. The van der Waals surface area contributed by atoms with Gasteiger partial charge in [0.25, 0.3) is 5.89 Å². The topological polar surface area (TPSA) is 38.9 Å². The van der Waals surface area contributed by atoms with Crippen molar-refractivity contribution in [1.82, 2.24) is 10.1 Å². The van der Waals surface area contributed by atoms with Crippen molar-refractivity contribution in [3.8, 4) is 11.5 Å². The molecular formula is C9H5ClF2N2O. The lowest BCUT2D eigenvalue weighted by atomic mass is 10.2. The summed E-state index contributed by atoms with van der Waals surface area (Å²) in [5.74, 6) is -1.56. The van der Waals surface area contributed by atoms with E-state index in [9.17, 15) is 8.78 Å². The molecule has 2 rings (SSSR count). The van der Waals surface area contributed by atoms with Crippen molar-refractivity contribution in [1.29, 1.82) is 0 Å². The molecule has 0 bridgehead atoms. The molecule has 1 heterocycles. The first-order valence-corrected chi connectivity index (χ1v) is 4.41. The first-order chi connectivity index (χ1) is 7.08. The fourth-order valence-electron chi connectivity index (χ4n) is 1.09. The number of aryl methyl sites for hydroxylation is 1. The second-order valence-electron chi connectivity index (χ2n) is 2.89. The van der Waals surface area contributed by atoms with Gasteiger partial charge >= 0.3 is 0 Å². The Morgan fingerprint density at radius 3 is 2.53 bits per heavy atom. The van der Waals surface area contributed by atoms with Gasteiger partial charge in [-0.2, -0.15) is 4.98 Å². The quantitative estimate of drug-likeness (QED) is 0.707. The minimum Gasteiger partial charge on any atom is -0.334 e. The van der Waals surface area contributed by atoms with Gasteiger partial charge in [-0.15, -0.1) is 0 Å². The molecule has 0 spiro atoms. The Morgan fingerprint density at radius 2 is 1.93 bits per heavy atom. The van der Waals surface area contributed by atoms with Crippen LogP contribution in [0.15, 0.2) is 16.7 Å². The largest absolute Gasteiger partial charge is 0.334 e. The summed E-state index contributed by atoms with van der Waals surface area (Å²) in [6.07, 6.45) is 0. The average molecular weight is 231 g/mol. The Hall–Kier alpha value is -1.49. The molecule has 0 saturated heterocycles. The summed E-state index contributed by atoms with van der Waals surface area (Å²) >= 11 is 5.71. The van der Waals surface area contributed by atoms with Crippen LogP contribution in [0.1, 0.15) is 5.82 Å². The van der Waals surface area contributed by atoms with Gasteiger partial charge in [0.1, 0.15) is 0 Å². The van der Waals surface area contributed by atoms with E-state index in [1.54, 1.807) is 6.92 Å². The zero-order valence-electron chi connectivity index (χ0n) is 7.59. The van der Waals surface area contributed by atoms with Crippen LogP contribution in [0.4, 0.5) is 8.78 Å². The van der Waals surface area contributed by atoms with E-state index in [0.717, 1.165) is 12.1 Å². The van der Waals surface area contributed by atoms with Crippen molar-refractivity contribution in [2.75, 3.05) is 0 Å². The number of benzene rings is 1. The van der Waals surface area contributed by atoms with Gasteiger partial charge in [0, 0.05) is 0 Å². The highest BCUT2D eigenvalue weighted by Crippen LogP contribution is 2.28. The standard InChI is InChI=1S/C9H5ClF2N2O/c1-4-13-9(15-14-4)5-2-7(11)8(12)3-6(5)10/h2-3H,1H3. The number of hydrogen-bond donors (Lipinski definition) is 0. The van der Waals surface area contributed by atoms with Gasteiger partial charge < -0.3 is 4.52 Å². The molecule has 0 unspecified atom stereocenters. The predicted molar refractivity (Wildman–Crippen MR) is 49.4 cm³/mol. The van der Waals surface area contributed by atoms with Crippen LogP contribution < -0.4 is 0 Å². The molecule has 0 fully saturated rings. The number of hydrogen-bond acceptors (Lipinski definition) is 3. The highest BCUT2D eigenvalue weighted by Gasteiger charge is 2.14. The Kier molecular flexibility index (Phi) is 2.40. The van der Waals surface area contributed by atoms with E-state index < -0.39 is 11.6 Å². The molecule has 0 aliphatic rings. The molecule has 0 aliphatic heterocycles. The van der Waals surface area contributed by atoms with Crippen molar-refractivity contribution in [2.24, 2.45) is 0 Å². The Balaban J connectivity index is 2.58. The van der Waals surface area contributed by atoms with Crippen molar-refractivity contribution in [3.05, 3.63) is 34.6 Å². The minimum absolute atomic E-state index is 0.0255. The Morgan fingerprint density at radius 1 is 1.27 bits per heavy atom. The van der Waals surface area contributed by atoms with Crippen molar-refractivity contribution >= 4 is 11.6 Å². The SMILES string of the molecule is Cc1noc(-c2cc(F)c(F)cc2Cl)n1. The molecule has 6 heteroatoms. The summed E-state index contributed by atoms with van der Waals surface area (Å²) < 4.78 is 30.5. The first-order valence-electron chi connectivity index (χ1n) is 4.03. The van der Waals surface area contributed by atoms with Gasteiger partial charge in [-0.25, -0.2) is 8.78 Å². The van der Waals surface area contributed by atoms with Crippen LogP contribution in [-0.2, 0) is 0 Å². The second kappa shape index (κ2) is 3.58. The third-order valence-electron chi connectivity index (χ3n) is 1.77. The maximum atomic E-state index is 12.9. The Bertz CT molecular complexity index is 513. The molecule has 0 amide bonds. The average Bonchev–Trinajstić information content (AvgIpc) is 2.58. The number of rotatable bonds is 1. The third-order valence-corrected chi connectivity index (χ3v) is 2.08. The van der Waals surface area contributed by atoms with Crippen LogP contribution in [0, 0.1) is 18.6 Å². The van der Waals surface area contributed by atoms with E-state index in [1.165, 1.54) is 0 Å². The summed E-state index contributed by atoms with van der Waals surface area (Å²) in [5.41, 5.74) is 0.177. The molecule has 3 nitrogen and oxygen atoms in total. The molecule has 15 heavy (non-hydrogen) atoms. The first kappa shape index (κ1) is 10.0. The maximum absolute atomic E-state index is 12.9. The lowest BCUT2D eigenvalue weighted by Gasteiger charge is -1.99. The van der Waals surface area contributed by atoms with Gasteiger partial charge in [0.05, 0.1) is 10.6 Å². The molecule has 1 aromatic carbocycles. The summed E-state index contributed by atoms with van der Waals surface area (Å²) in [7, 11) is 0. The smallest absolute Gasteiger partial charge is 0.259 e. The predicted octanol–water partition coefficient (Wildman–Crippen LogP) is 2.98. The van der Waals surface area contributed by atoms with Crippen molar-refractivity contribution < 1.29 is 13.3 Å². The van der Waals surface area contributed by atoms with E-state index in [-0.39, 0.29) is 16.5 Å². The minimum atomic E-state index is -1.01. The van der Waals surface area contributed by atoms with Gasteiger partial charge in [-0.05, 0) is 19.1 Å². The normalized spacial score (nSPS) is 10.7. The molecule has 78 valence electrons. The highest BCUT2D eigenvalue weighted by atomic mass is 35.5. The monoisotopic (exact) mass is 230 g/mol. The molecule has 2 aromatic rings. The van der Waals surface area contributed by atoms with Crippen LogP contribution in [0.25, 0.3) is 11.5 Å². The highest BCUT2D eigenvalue weighted by molar-refractivity contribution is 6.33. The van der Waals surface area contributed by atoms with Crippen LogP contribution in [0.5, 0.6) is 0 Å². The van der Waals surface area contributed by atoms with Crippen molar-refractivity contribution in [2.45, 2.75) is 6.92 Å².